The fraction of sp³-hybridized carbons (Fsp3) is 0.714. The van der Waals surface area contributed by atoms with Crippen LogP contribution in [0.4, 0.5) is 0 Å². The lowest BCUT2D eigenvalue weighted by molar-refractivity contribution is 0.615. The Balaban J connectivity index is 2.56. The number of hydrogen-bond donors (Lipinski definition) is 2. The van der Waals surface area contributed by atoms with Gasteiger partial charge in [-0.2, -0.15) is 4.99 Å². The molecule has 0 radical (unpaired) electrons. The van der Waals surface area contributed by atoms with Gasteiger partial charge in [0.05, 0.1) is 6.54 Å². The zero-order valence-electron chi connectivity index (χ0n) is 7.70. The van der Waals surface area contributed by atoms with Crippen molar-refractivity contribution in [1.82, 2.24) is 10.2 Å². The number of nitrogens with two attached hydrogens (primary N) is 1. The summed E-state index contributed by atoms with van der Waals surface area (Å²) in [5, 5.41) is 3.10. The molecule has 1 aliphatic heterocycles. The molecule has 0 fully saturated rings. The van der Waals surface area contributed by atoms with Crippen LogP contribution >= 0.6 is 0 Å². The fourth-order valence-electron chi connectivity index (χ4n) is 0.811. The summed E-state index contributed by atoms with van der Waals surface area (Å²) in [5.74, 6) is 1.10. The number of hydrogen-bond acceptors (Lipinski definition) is 3. The van der Waals surface area contributed by atoms with Crippen molar-refractivity contribution in [3.8, 4) is 0 Å². The molecule has 1 aliphatic rings. The highest BCUT2D eigenvalue weighted by atomic mass is 15.3. The minimum atomic E-state index is 0.374. The lowest BCUT2D eigenvalue weighted by Gasteiger charge is -2.10. The van der Waals surface area contributed by atoms with E-state index in [9.17, 15) is 0 Å². The number of nitrogens with zero attached hydrogens (tertiary/aromatic N) is 3. The first kappa shape index (κ1) is 8.83. The molecule has 0 aliphatic carbocycles. The minimum absolute atomic E-state index is 0.374. The van der Waals surface area contributed by atoms with Crippen LogP contribution in [0, 0.1) is 0 Å². The van der Waals surface area contributed by atoms with Crippen molar-refractivity contribution < 1.29 is 0 Å². The Morgan fingerprint density at radius 3 is 2.83 bits per heavy atom. The zero-order chi connectivity index (χ0) is 9.14. The van der Waals surface area contributed by atoms with Gasteiger partial charge >= 0.3 is 0 Å². The molecule has 5 nitrogen and oxygen atoms in total. The van der Waals surface area contributed by atoms with E-state index in [0.29, 0.717) is 18.0 Å². The van der Waals surface area contributed by atoms with Gasteiger partial charge in [-0.25, -0.2) is 4.99 Å². The van der Waals surface area contributed by atoms with Crippen molar-refractivity contribution in [2.24, 2.45) is 15.7 Å². The van der Waals surface area contributed by atoms with Gasteiger partial charge in [0.25, 0.3) is 0 Å². The average molecular weight is 169 g/mol. The molecule has 1 unspecified atom stereocenters. The minimum Gasteiger partial charge on any atom is -0.369 e. The summed E-state index contributed by atoms with van der Waals surface area (Å²) in [6.45, 7) is 2.83. The third kappa shape index (κ3) is 2.11. The van der Waals surface area contributed by atoms with E-state index in [0.717, 1.165) is 6.54 Å². The lowest BCUT2D eigenvalue weighted by Crippen LogP contribution is -2.34. The first-order valence-corrected chi connectivity index (χ1v) is 3.92. The molecule has 0 aromatic heterocycles. The van der Waals surface area contributed by atoms with Crippen LogP contribution in [0.5, 0.6) is 0 Å². The van der Waals surface area contributed by atoms with E-state index in [-0.39, 0.29) is 0 Å². The van der Waals surface area contributed by atoms with E-state index in [1.54, 1.807) is 4.90 Å². The van der Waals surface area contributed by atoms with Crippen LogP contribution in [0.1, 0.15) is 6.92 Å². The van der Waals surface area contributed by atoms with Crippen molar-refractivity contribution in [1.29, 1.82) is 0 Å². The van der Waals surface area contributed by atoms with Crippen LogP contribution in [0.3, 0.4) is 0 Å². The second-order valence-corrected chi connectivity index (χ2v) is 3.07. The highest BCUT2D eigenvalue weighted by molar-refractivity contribution is 5.94. The summed E-state index contributed by atoms with van der Waals surface area (Å²) in [6, 6.07) is 0.374. The Hall–Kier alpha value is -1.26. The predicted molar refractivity (Wildman–Crippen MR) is 50.2 cm³/mol. The third-order valence-corrected chi connectivity index (χ3v) is 1.57. The highest BCUT2D eigenvalue weighted by Crippen LogP contribution is 1.95. The van der Waals surface area contributed by atoms with Crippen LogP contribution < -0.4 is 11.1 Å². The second-order valence-electron chi connectivity index (χ2n) is 3.07. The second kappa shape index (κ2) is 3.42. The molecule has 3 N–H and O–H groups in total. The standard InChI is InChI=1S/C7H15N5/c1-5-4-9-7(10-5)11-6(8)12(2)3/h5H,4H2,1-3H3,(H3,8,9,10,11). The van der Waals surface area contributed by atoms with Gasteiger partial charge < -0.3 is 16.0 Å². The molecule has 12 heavy (non-hydrogen) atoms. The smallest absolute Gasteiger partial charge is 0.221 e. The predicted octanol–water partition coefficient (Wildman–Crippen LogP) is -0.790. The Morgan fingerprint density at radius 1 is 1.75 bits per heavy atom. The average Bonchev–Trinajstić information content (AvgIpc) is 2.35. The Morgan fingerprint density at radius 2 is 2.42 bits per heavy atom. The summed E-state index contributed by atoms with van der Waals surface area (Å²) in [7, 11) is 3.69. The van der Waals surface area contributed by atoms with Crippen LogP contribution in [-0.4, -0.2) is 43.5 Å². The summed E-state index contributed by atoms with van der Waals surface area (Å²) in [5.41, 5.74) is 5.60. The highest BCUT2D eigenvalue weighted by Gasteiger charge is 2.11. The van der Waals surface area contributed by atoms with Gasteiger partial charge in [0, 0.05) is 20.1 Å². The Kier molecular flexibility index (Phi) is 2.52. The Bertz CT molecular complexity index is 218. The van der Waals surface area contributed by atoms with Crippen molar-refractivity contribution in [2.45, 2.75) is 13.0 Å². The molecular weight excluding hydrogens is 154 g/mol. The molecule has 5 heteroatoms. The van der Waals surface area contributed by atoms with Crippen LogP contribution in [-0.2, 0) is 0 Å². The summed E-state index contributed by atoms with van der Waals surface area (Å²) >= 11 is 0. The SMILES string of the molecule is CC1CN=C(/N=C(\N)N(C)C)N1. The normalized spacial score (nSPS) is 23.4. The van der Waals surface area contributed by atoms with Crippen LogP contribution in [0.15, 0.2) is 9.98 Å². The van der Waals surface area contributed by atoms with Gasteiger partial charge in [0.2, 0.25) is 5.96 Å². The van der Waals surface area contributed by atoms with Crippen molar-refractivity contribution in [2.75, 3.05) is 20.6 Å². The number of nitrogens with one attached hydrogen (secondary N) is 1. The molecular formula is C7H15N5. The number of aliphatic imine (C=N–C) groups is 2. The molecule has 0 spiro atoms. The molecule has 68 valence electrons. The van der Waals surface area contributed by atoms with Crippen LogP contribution in [0.2, 0.25) is 0 Å². The van der Waals surface area contributed by atoms with Crippen molar-refractivity contribution in [3.05, 3.63) is 0 Å². The maximum absolute atomic E-state index is 5.60. The molecule has 0 aromatic carbocycles. The molecule has 1 rings (SSSR count). The first-order chi connectivity index (χ1) is 5.59. The summed E-state index contributed by atoms with van der Waals surface area (Å²) < 4.78 is 0. The largest absolute Gasteiger partial charge is 0.369 e. The van der Waals surface area contributed by atoms with Crippen molar-refractivity contribution >= 4 is 11.9 Å². The molecule has 0 bridgehead atoms. The van der Waals surface area contributed by atoms with E-state index in [4.69, 9.17) is 5.73 Å². The number of rotatable bonds is 0. The van der Waals surface area contributed by atoms with Crippen molar-refractivity contribution in [3.63, 3.8) is 0 Å². The maximum Gasteiger partial charge on any atom is 0.221 e. The van der Waals surface area contributed by atoms with E-state index < -0.39 is 0 Å². The monoisotopic (exact) mass is 169 g/mol. The van der Waals surface area contributed by atoms with E-state index in [2.05, 4.69) is 22.2 Å². The van der Waals surface area contributed by atoms with Gasteiger partial charge in [0.15, 0.2) is 5.96 Å². The van der Waals surface area contributed by atoms with Gasteiger partial charge in [-0.1, -0.05) is 0 Å². The summed E-state index contributed by atoms with van der Waals surface area (Å²) in [6.07, 6.45) is 0. The zero-order valence-corrected chi connectivity index (χ0v) is 7.70. The molecule has 1 heterocycles. The first-order valence-electron chi connectivity index (χ1n) is 3.92. The van der Waals surface area contributed by atoms with Gasteiger partial charge in [-0.05, 0) is 6.92 Å². The van der Waals surface area contributed by atoms with Crippen LogP contribution in [0.25, 0.3) is 0 Å². The lowest BCUT2D eigenvalue weighted by atomic mass is 10.4. The quantitative estimate of drug-likeness (QED) is 0.369. The maximum atomic E-state index is 5.60. The Labute approximate surface area is 72.4 Å². The van der Waals surface area contributed by atoms with Gasteiger partial charge in [-0.3, -0.25) is 0 Å². The fourth-order valence-corrected chi connectivity index (χ4v) is 0.811. The van der Waals surface area contributed by atoms with E-state index in [1.165, 1.54) is 0 Å². The van der Waals surface area contributed by atoms with Gasteiger partial charge in [-0.15, -0.1) is 0 Å². The molecule has 0 saturated carbocycles. The molecule has 0 aromatic rings. The molecule has 1 atom stereocenters. The number of guanidine groups is 2. The third-order valence-electron chi connectivity index (χ3n) is 1.57. The summed E-state index contributed by atoms with van der Waals surface area (Å²) in [4.78, 5) is 9.98. The molecule has 0 saturated heterocycles. The molecule has 0 amide bonds. The topological polar surface area (TPSA) is 66.0 Å². The van der Waals surface area contributed by atoms with E-state index in [1.807, 2.05) is 14.1 Å². The van der Waals surface area contributed by atoms with E-state index >= 15 is 0 Å². The van der Waals surface area contributed by atoms with Gasteiger partial charge in [0.1, 0.15) is 0 Å².